The molecule has 2 N–H and O–H groups in total. The van der Waals surface area contributed by atoms with Crippen LogP contribution in [0.4, 0.5) is 0 Å². The number of benzene rings is 1. The molecule has 0 atom stereocenters. The number of carboxylic acid groups (broad SMARTS) is 1. The number of rotatable bonds is 0. The Bertz CT molecular complexity index is 1230. The topological polar surface area (TPSA) is 121 Å². The van der Waals surface area contributed by atoms with Gasteiger partial charge in [0.05, 0.1) is 44.7 Å². The van der Waals surface area contributed by atoms with E-state index in [0.29, 0.717) is 39.5 Å². The number of aryl methyl sites for hydroxylation is 4. The Balaban J connectivity index is 0.000000328. The number of H-pyrrole nitrogens is 1. The summed E-state index contributed by atoms with van der Waals surface area (Å²) >= 11 is 0. The maximum absolute atomic E-state index is 12.2. The van der Waals surface area contributed by atoms with E-state index in [2.05, 4.69) is 52.1 Å². The lowest BCUT2D eigenvalue weighted by molar-refractivity contribution is -0.131. The minimum atomic E-state index is -0.250. The number of carbonyl (C=O) groups excluding carboxylic acids is 1. The predicted octanol–water partition coefficient (Wildman–Crippen LogP) is 3.65. The van der Waals surface area contributed by atoms with Crippen LogP contribution in [0.5, 0.6) is 0 Å². The van der Waals surface area contributed by atoms with Crippen molar-refractivity contribution >= 4 is 29.4 Å². The molecule has 40 heavy (non-hydrogen) atoms. The normalized spacial score (nSPS) is 16.8. The fourth-order valence-electron chi connectivity index (χ4n) is 4.21. The van der Waals surface area contributed by atoms with Gasteiger partial charge in [0.15, 0.2) is 0 Å². The van der Waals surface area contributed by atoms with Gasteiger partial charge in [-0.05, 0) is 76.0 Å². The first kappa shape index (κ1) is 32.6. The molecule has 0 unspecified atom stereocenters. The van der Waals surface area contributed by atoms with Crippen LogP contribution in [0.15, 0.2) is 36.7 Å². The van der Waals surface area contributed by atoms with Gasteiger partial charge in [0, 0.05) is 30.9 Å². The van der Waals surface area contributed by atoms with Crippen LogP contribution in [0.2, 0.25) is 0 Å². The molecule has 3 heterocycles. The third kappa shape index (κ3) is 11.6. The number of hydrogen-bond acceptors (Lipinski definition) is 7. The first-order valence-corrected chi connectivity index (χ1v) is 13.4. The number of nitrogens with one attached hydrogen (secondary N) is 1. The number of aromatic amines is 1. The number of nitrogens with zero attached hydrogens (tertiary/aromatic N) is 4. The van der Waals surface area contributed by atoms with Crippen LogP contribution in [0.3, 0.4) is 0 Å². The second-order valence-electron chi connectivity index (χ2n) is 9.78. The molecule has 1 aromatic carbocycles. The summed E-state index contributed by atoms with van der Waals surface area (Å²) in [5, 5.41) is 15.0. The molecule has 2 aromatic heterocycles. The summed E-state index contributed by atoms with van der Waals surface area (Å²) in [6.07, 6.45) is 9.75. The van der Waals surface area contributed by atoms with Gasteiger partial charge in [0.1, 0.15) is 0 Å². The van der Waals surface area contributed by atoms with Gasteiger partial charge in [0.2, 0.25) is 5.91 Å². The van der Waals surface area contributed by atoms with Crippen LogP contribution in [-0.4, -0.2) is 103 Å². The fourth-order valence-corrected chi connectivity index (χ4v) is 4.21. The standard InChI is InChI=1S/C20H31N3O3.C9H10N2.CH2O2/c1-17-19-7-4-8-22(2)16-20(24)23(3)9-11-26-13-12-25-10-5-6-18(14-19)15-21-17;1-6-3-7(2)9-8(4-6)5-10-11-9;2-1-3/h5-6,14-15H,4,7-13,16H2,1-3H3;3-5H,1-2H3,(H,10,11);1H,(H,2,3)/b6-5+;;. The highest BCUT2D eigenvalue weighted by atomic mass is 16.5. The van der Waals surface area contributed by atoms with E-state index in [1.165, 1.54) is 22.1 Å². The molecule has 1 amide bonds. The summed E-state index contributed by atoms with van der Waals surface area (Å²) < 4.78 is 11.1. The largest absolute Gasteiger partial charge is 0.483 e. The molecule has 0 saturated carbocycles. The summed E-state index contributed by atoms with van der Waals surface area (Å²) in [6, 6.07) is 6.47. The van der Waals surface area contributed by atoms with Gasteiger partial charge in [-0.1, -0.05) is 23.8 Å². The Kier molecular flexibility index (Phi) is 14.6. The van der Waals surface area contributed by atoms with E-state index < -0.39 is 0 Å². The van der Waals surface area contributed by atoms with Crippen LogP contribution in [0.25, 0.3) is 17.0 Å². The molecule has 218 valence electrons. The molecule has 0 fully saturated rings. The monoisotopic (exact) mass is 553 g/mol. The summed E-state index contributed by atoms with van der Waals surface area (Å²) in [7, 11) is 3.82. The number of hydrogen-bond donors (Lipinski definition) is 2. The molecule has 3 aromatic rings. The lowest BCUT2D eigenvalue weighted by Crippen LogP contribution is -2.38. The molecule has 2 bridgehead atoms. The van der Waals surface area contributed by atoms with Crippen molar-refractivity contribution < 1.29 is 24.2 Å². The number of aromatic nitrogens is 3. The lowest BCUT2D eigenvalue weighted by Gasteiger charge is -2.22. The molecule has 0 saturated heterocycles. The third-order valence-electron chi connectivity index (χ3n) is 6.39. The van der Waals surface area contributed by atoms with E-state index in [9.17, 15) is 4.79 Å². The first-order chi connectivity index (χ1) is 19.2. The molecule has 0 spiro atoms. The fraction of sp³-hybridized carbons (Fsp3) is 0.467. The number of likely N-dealkylation sites (N-methyl/N-ethyl adjacent to an activating group) is 2. The Hall–Kier alpha value is -3.60. The Morgan fingerprint density at radius 3 is 2.55 bits per heavy atom. The molecule has 0 radical (unpaired) electrons. The zero-order valence-electron chi connectivity index (χ0n) is 24.4. The van der Waals surface area contributed by atoms with Crippen LogP contribution in [0, 0.1) is 20.8 Å². The smallest absolute Gasteiger partial charge is 0.290 e. The minimum absolute atomic E-state index is 0.120. The SMILES string of the molecule is Cc1cc(C)c2[nH]ncc2c1.Cc1ncc2cc1CCCN(C)CC(=O)N(C)CCOCCOC/C=C/2.O=CO. The van der Waals surface area contributed by atoms with Crippen LogP contribution >= 0.6 is 0 Å². The van der Waals surface area contributed by atoms with Gasteiger partial charge < -0.3 is 19.5 Å². The highest BCUT2D eigenvalue weighted by Gasteiger charge is 2.12. The molecule has 1 aliphatic heterocycles. The van der Waals surface area contributed by atoms with Crippen LogP contribution in [-0.2, 0) is 25.5 Å². The number of ether oxygens (including phenoxy) is 2. The average Bonchev–Trinajstić information content (AvgIpc) is 3.38. The van der Waals surface area contributed by atoms with Crippen molar-refractivity contribution in [3.8, 4) is 0 Å². The van der Waals surface area contributed by atoms with E-state index in [0.717, 1.165) is 36.2 Å². The van der Waals surface area contributed by atoms with Crippen molar-refractivity contribution in [2.24, 2.45) is 0 Å². The van der Waals surface area contributed by atoms with Crippen LogP contribution in [0.1, 0.15) is 34.4 Å². The lowest BCUT2D eigenvalue weighted by atomic mass is 10.1. The Labute approximate surface area is 237 Å². The minimum Gasteiger partial charge on any atom is -0.483 e. The summed E-state index contributed by atoms with van der Waals surface area (Å²) in [6.45, 7) is 10.1. The number of carbonyl (C=O) groups is 2. The van der Waals surface area contributed by atoms with Gasteiger partial charge in [-0.2, -0.15) is 5.10 Å². The number of fused-ring (bicyclic) bond motifs is 3. The van der Waals surface area contributed by atoms with Gasteiger partial charge in [-0.3, -0.25) is 24.6 Å². The van der Waals surface area contributed by atoms with Crippen molar-refractivity contribution in [3.63, 3.8) is 0 Å². The van der Waals surface area contributed by atoms with Crippen molar-refractivity contribution in [2.45, 2.75) is 33.6 Å². The summed E-state index contributed by atoms with van der Waals surface area (Å²) in [5.41, 5.74) is 7.12. The highest BCUT2D eigenvalue weighted by Crippen LogP contribution is 2.17. The first-order valence-electron chi connectivity index (χ1n) is 13.4. The molecule has 0 aliphatic carbocycles. The second kappa shape index (κ2) is 17.9. The van der Waals surface area contributed by atoms with E-state index in [4.69, 9.17) is 19.4 Å². The second-order valence-corrected chi connectivity index (χ2v) is 9.78. The molecular weight excluding hydrogens is 510 g/mol. The number of pyridine rings is 1. The third-order valence-corrected chi connectivity index (χ3v) is 6.39. The van der Waals surface area contributed by atoms with Gasteiger partial charge in [-0.15, -0.1) is 0 Å². The van der Waals surface area contributed by atoms with Crippen molar-refractivity contribution in [2.75, 3.05) is 60.2 Å². The molecular formula is C30H43N5O5. The maximum Gasteiger partial charge on any atom is 0.290 e. The zero-order chi connectivity index (χ0) is 29.3. The van der Waals surface area contributed by atoms with E-state index >= 15 is 0 Å². The average molecular weight is 554 g/mol. The highest BCUT2D eigenvalue weighted by molar-refractivity contribution is 5.81. The zero-order valence-corrected chi connectivity index (χ0v) is 24.4. The summed E-state index contributed by atoms with van der Waals surface area (Å²) in [4.78, 5) is 28.9. The van der Waals surface area contributed by atoms with E-state index in [-0.39, 0.29) is 12.4 Å². The molecule has 4 rings (SSSR count). The van der Waals surface area contributed by atoms with Gasteiger partial charge >= 0.3 is 0 Å². The van der Waals surface area contributed by atoms with Crippen molar-refractivity contribution in [1.82, 2.24) is 25.0 Å². The predicted molar refractivity (Wildman–Crippen MR) is 157 cm³/mol. The maximum atomic E-state index is 12.2. The van der Waals surface area contributed by atoms with Crippen LogP contribution < -0.4 is 0 Å². The van der Waals surface area contributed by atoms with Crippen molar-refractivity contribution in [1.29, 1.82) is 0 Å². The van der Waals surface area contributed by atoms with Gasteiger partial charge in [0.25, 0.3) is 6.47 Å². The molecule has 10 nitrogen and oxygen atoms in total. The summed E-state index contributed by atoms with van der Waals surface area (Å²) in [5.74, 6) is 0.120. The van der Waals surface area contributed by atoms with E-state index in [1.54, 1.807) is 4.90 Å². The Morgan fingerprint density at radius 1 is 1.02 bits per heavy atom. The van der Waals surface area contributed by atoms with E-state index in [1.807, 2.05) is 45.6 Å². The Morgan fingerprint density at radius 2 is 1.77 bits per heavy atom. The molecule has 1 aliphatic rings. The van der Waals surface area contributed by atoms with Crippen molar-refractivity contribution in [3.05, 3.63) is 64.6 Å². The quantitative estimate of drug-likeness (QED) is 0.405. The molecule has 10 heteroatoms. The number of amides is 1. The van der Waals surface area contributed by atoms with Gasteiger partial charge in [-0.25, -0.2) is 0 Å².